The predicted molar refractivity (Wildman–Crippen MR) is 94.3 cm³/mol. The van der Waals surface area contributed by atoms with Gasteiger partial charge in [0.05, 0.1) is 25.0 Å². The predicted octanol–water partition coefficient (Wildman–Crippen LogP) is 2.11. The van der Waals surface area contributed by atoms with Crippen LogP contribution in [0.4, 0.5) is 5.69 Å². The highest BCUT2D eigenvalue weighted by Gasteiger charge is 2.20. The molecule has 1 amide bonds. The third-order valence-electron chi connectivity index (χ3n) is 3.43. The molecule has 1 aliphatic carbocycles. The van der Waals surface area contributed by atoms with Gasteiger partial charge in [-0.2, -0.15) is 5.10 Å². The van der Waals surface area contributed by atoms with E-state index in [9.17, 15) is 4.79 Å². The molecule has 3 rings (SSSR count). The monoisotopic (exact) mass is 357 g/mol. The number of nitrogens with one attached hydrogen (secondary N) is 2. The van der Waals surface area contributed by atoms with Gasteiger partial charge in [-0.3, -0.25) is 14.5 Å². The minimum Gasteiger partial charge on any atom is -0.322 e. The second-order valence-electron chi connectivity index (χ2n) is 5.40. The van der Waals surface area contributed by atoms with Crippen LogP contribution < -0.4 is 10.6 Å². The third-order valence-corrected chi connectivity index (χ3v) is 3.43. The molecule has 23 heavy (non-hydrogen) atoms. The molecule has 0 spiro atoms. The number of carbonyl (C=O) groups excluding carboxylic acids is 1. The minimum atomic E-state index is -0.0286. The molecular formula is C15H21Cl2N5O. The Labute approximate surface area is 147 Å². The summed E-state index contributed by atoms with van der Waals surface area (Å²) in [6.45, 7) is 1.96. The van der Waals surface area contributed by atoms with Gasteiger partial charge in [-0.25, -0.2) is 0 Å². The number of carbonyl (C=O) groups is 1. The van der Waals surface area contributed by atoms with E-state index in [-0.39, 0.29) is 30.7 Å². The van der Waals surface area contributed by atoms with Crippen LogP contribution in [0.2, 0.25) is 0 Å². The van der Waals surface area contributed by atoms with E-state index >= 15 is 0 Å². The molecule has 8 heteroatoms. The lowest BCUT2D eigenvalue weighted by atomic mass is 10.3. The lowest BCUT2D eigenvalue weighted by molar-refractivity contribution is -0.115. The van der Waals surface area contributed by atoms with Gasteiger partial charge >= 0.3 is 0 Å². The fourth-order valence-corrected chi connectivity index (χ4v) is 2.11. The summed E-state index contributed by atoms with van der Waals surface area (Å²) in [6, 6.07) is 3.89. The Morgan fingerprint density at radius 2 is 2.00 bits per heavy atom. The molecule has 0 aliphatic heterocycles. The van der Waals surface area contributed by atoms with E-state index in [2.05, 4.69) is 20.7 Å². The zero-order valence-corrected chi connectivity index (χ0v) is 14.3. The molecule has 0 atom stereocenters. The molecule has 1 fully saturated rings. The number of hydrogen-bond donors (Lipinski definition) is 2. The molecule has 0 aromatic carbocycles. The molecule has 1 saturated carbocycles. The van der Waals surface area contributed by atoms with E-state index < -0.39 is 0 Å². The molecule has 126 valence electrons. The Morgan fingerprint density at radius 3 is 2.70 bits per heavy atom. The Balaban J connectivity index is 0.00000132. The first-order valence-corrected chi connectivity index (χ1v) is 7.21. The van der Waals surface area contributed by atoms with Gasteiger partial charge in [0.1, 0.15) is 0 Å². The largest absolute Gasteiger partial charge is 0.322 e. The molecule has 0 saturated heterocycles. The van der Waals surface area contributed by atoms with Crippen molar-refractivity contribution in [1.82, 2.24) is 20.1 Å². The quantitative estimate of drug-likeness (QED) is 0.795. The van der Waals surface area contributed by atoms with Crippen molar-refractivity contribution >= 4 is 36.4 Å². The minimum absolute atomic E-state index is 0. The standard InChI is InChI=1S/C15H19N5O.2ClH/c21-15(9-17-7-12-1-2-12)19-14-8-18-20(11-14)10-13-3-5-16-6-4-13;;/h3-6,8,11-12,17H,1-2,7,9-10H2,(H,19,21);2*1H. The lowest BCUT2D eigenvalue weighted by Crippen LogP contribution is -2.29. The van der Waals surface area contributed by atoms with Gasteiger partial charge in [0.25, 0.3) is 0 Å². The lowest BCUT2D eigenvalue weighted by Gasteiger charge is -2.04. The molecule has 0 bridgehead atoms. The highest BCUT2D eigenvalue weighted by molar-refractivity contribution is 5.91. The summed E-state index contributed by atoms with van der Waals surface area (Å²) in [5.74, 6) is 0.750. The molecule has 0 unspecified atom stereocenters. The summed E-state index contributed by atoms with van der Waals surface area (Å²) in [5.41, 5.74) is 1.85. The number of nitrogens with zero attached hydrogens (tertiary/aromatic N) is 3. The van der Waals surface area contributed by atoms with Crippen LogP contribution in [-0.2, 0) is 11.3 Å². The average molecular weight is 358 g/mol. The molecule has 2 aromatic rings. The van der Waals surface area contributed by atoms with Crippen LogP contribution in [0.3, 0.4) is 0 Å². The fraction of sp³-hybridized carbons (Fsp3) is 0.400. The summed E-state index contributed by atoms with van der Waals surface area (Å²) in [4.78, 5) is 15.7. The topological polar surface area (TPSA) is 71.8 Å². The molecular weight excluding hydrogens is 337 g/mol. The zero-order chi connectivity index (χ0) is 14.5. The van der Waals surface area contributed by atoms with Crippen molar-refractivity contribution in [2.75, 3.05) is 18.4 Å². The number of anilines is 1. The van der Waals surface area contributed by atoms with Gasteiger partial charge in [-0.05, 0) is 43.0 Å². The maximum Gasteiger partial charge on any atom is 0.238 e. The number of pyridine rings is 1. The summed E-state index contributed by atoms with van der Waals surface area (Å²) < 4.78 is 1.79. The number of rotatable bonds is 7. The fourth-order valence-electron chi connectivity index (χ4n) is 2.11. The van der Waals surface area contributed by atoms with Crippen molar-refractivity contribution in [2.24, 2.45) is 5.92 Å². The van der Waals surface area contributed by atoms with E-state index in [0.29, 0.717) is 13.1 Å². The first-order chi connectivity index (χ1) is 10.3. The van der Waals surface area contributed by atoms with Gasteiger partial charge in [0.15, 0.2) is 0 Å². The summed E-state index contributed by atoms with van der Waals surface area (Å²) in [6.07, 6.45) is 9.59. The first kappa shape index (κ1) is 19.4. The summed E-state index contributed by atoms with van der Waals surface area (Å²) >= 11 is 0. The summed E-state index contributed by atoms with van der Waals surface area (Å²) in [7, 11) is 0. The second kappa shape index (κ2) is 9.50. The van der Waals surface area contributed by atoms with Crippen molar-refractivity contribution in [2.45, 2.75) is 19.4 Å². The first-order valence-electron chi connectivity index (χ1n) is 7.21. The van der Waals surface area contributed by atoms with Crippen LogP contribution >= 0.6 is 24.8 Å². The van der Waals surface area contributed by atoms with Crippen molar-refractivity contribution in [3.8, 4) is 0 Å². The zero-order valence-electron chi connectivity index (χ0n) is 12.6. The van der Waals surface area contributed by atoms with Crippen molar-refractivity contribution in [1.29, 1.82) is 0 Å². The van der Waals surface area contributed by atoms with Crippen molar-refractivity contribution < 1.29 is 4.79 Å². The maximum absolute atomic E-state index is 11.8. The van der Waals surface area contributed by atoms with Crippen LogP contribution in [0, 0.1) is 5.92 Å². The number of halogens is 2. The van der Waals surface area contributed by atoms with E-state index in [1.54, 1.807) is 23.3 Å². The van der Waals surface area contributed by atoms with Crippen LogP contribution in [0.5, 0.6) is 0 Å². The Hall–Kier alpha value is -1.63. The average Bonchev–Trinajstić information content (AvgIpc) is 3.21. The van der Waals surface area contributed by atoms with E-state index in [4.69, 9.17) is 0 Å². The van der Waals surface area contributed by atoms with Crippen LogP contribution in [0.1, 0.15) is 18.4 Å². The number of aromatic nitrogens is 3. The third kappa shape index (κ3) is 6.56. The molecule has 6 nitrogen and oxygen atoms in total. The normalized spacial score (nSPS) is 12.9. The van der Waals surface area contributed by atoms with E-state index in [1.165, 1.54) is 12.8 Å². The van der Waals surface area contributed by atoms with Gasteiger partial charge in [0.2, 0.25) is 5.91 Å². The van der Waals surface area contributed by atoms with Gasteiger partial charge in [-0.15, -0.1) is 24.8 Å². The molecule has 0 radical (unpaired) electrons. The Kier molecular flexibility index (Phi) is 8.02. The maximum atomic E-state index is 11.8. The van der Waals surface area contributed by atoms with Gasteiger partial charge in [0, 0.05) is 18.6 Å². The molecule has 2 N–H and O–H groups in total. The molecule has 2 aromatic heterocycles. The van der Waals surface area contributed by atoms with Crippen LogP contribution in [0.25, 0.3) is 0 Å². The van der Waals surface area contributed by atoms with E-state index in [0.717, 1.165) is 23.7 Å². The van der Waals surface area contributed by atoms with Gasteiger partial charge < -0.3 is 10.6 Å². The van der Waals surface area contributed by atoms with Crippen LogP contribution in [0.15, 0.2) is 36.9 Å². The van der Waals surface area contributed by atoms with E-state index in [1.807, 2.05) is 18.3 Å². The number of hydrogen-bond acceptors (Lipinski definition) is 4. The SMILES string of the molecule is Cl.Cl.O=C(CNCC1CC1)Nc1cnn(Cc2ccncc2)c1. The second-order valence-corrected chi connectivity index (χ2v) is 5.40. The van der Waals surface area contributed by atoms with Crippen LogP contribution in [-0.4, -0.2) is 33.8 Å². The Morgan fingerprint density at radius 1 is 1.26 bits per heavy atom. The Bertz CT molecular complexity index is 601. The summed E-state index contributed by atoms with van der Waals surface area (Å²) in [5, 5.41) is 10.3. The molecule has 2 heterocycles. The highest BCUT2D eigenvalue weighted by atomic mass is 35.5. The van der Waals surface area contributed by atoms with Crippen molar-refractivity contribution in [3.63, 3.8) is 0 Å². The van der Waals surface area contributed by atoms with Crippen molar-refractivity contribution in [3.05, 3.63) is 42.5 Å². The molecule has 1 aliphatic rings. The van der Waals surface area contributed by atoms with Gasteiger partial charge in [-0.1, -0.05) is 0 Å². The highest BCUT2D eigenvalue weighted by Crippen LogP contribution is 2.27. The smallest absolute Gasteiger partial charge is 0.238 e. The number of amides is 1.